The van der Waals surface area contributed by atoms with Crippen molar-refractivity contribution in [2.45, 2.75) is 40.0 Å². The molecule has 1 amide bonds. The Labute approximate surface area is 98.4 Å². The highest BCUT2D eigenvalue weighted by Crippen LogP contribution is 2.22. The van der Waals surface area contributed by atoms with Gasteiger partial charge >= 0.3 is 0 Å². The molecule has 0 bridgehead atoms. The minimum absolute atomic E-state index is 0.0376. The number of carbonyl (C=O) groups is 1. The lowest BCUT2D eigenvalue weighted by Crippen LogP contribution is -2.43. The fourth-order valence-corrected chi connectivity index (χ4v) is 2.28. The Hall–Kier alpha value is -1.04. The summed E-state index contributed by atoms with van der Waals surface area (Å²) in [7, 11) is 0. The van der Waals surface area contributed by atoms with Crippen molar-refractivity contribution in [1.82, 2.24) is 4.90 Å². The Morgan fingerprint density at radius 2 is 2.25 bits per heavy atom. The van der Waals surface area contributed by atoms with Gasteiger partial charge in [0.2, 0.25) is 5.91 Å². The van der Waals surface area contributed by atoms with Crippen LogP contribution in [0.1, 0.15) is 40.0 Å². The summed E-state index contributed by atoms with van der Waals surface area (Å²) in [5.74, 6) is 0.315. The Morgan fingerprint density at radius 3 is 2.75 bits per heavy atom. The summed E-state index contributed by atoms with van der Waals surface area (Å²) < 4.78 is 0. The molecule has 0 radical (unpaired) electrons. The molecule has 0 N–H and O–H groups in total. The van der Waals surface area contributed by atoms with E-state index in [1.54, 1.807) is 0 Å². The van der Waals surface area contributed by atoms with E-state index in [0.717, 1.165) is 25.9 Å². The van der Waals surface area contributed by atoms with Crippen molar-refractivity contribution < 1.29 is 4.79 Å². The van der Waals surface area contributed by atoms with Gasteiger partial charge in [0.05, 0.1) is 6.07 Å². The number of piperidine rings is 1. The van der Waals surface area contributed by atoms with Crippen LogP contribution >= 0.6 is 0 Å². The first kappa shape index (κ1) is 13.0. The summed E-state index contributed by atoms with van der Waals surface area (Å²) in [6.45, 7) is 7.73. The lowest BCUT2D eigenvalue weighted by molar-refractivity contribution is -0.136. The minimum Gasteiger partial charge on any atom is -0.341 e. The number of nitriles is 1. The molecular weight excluding hydrogens is 200 g/mol. The molecule has 2 atom stereocenters. The summed E-state index contributed by atoms with van der Waals surface area (Å²) in [5.41, 5.74) is 0. The van der Waals surface area contributed by atoms with Crippen molar-refractivity contribution in [3.05, 3.63) is 0 Å². The third-order valence-corrected chi connectivity index (χ3v) is 3.48. The molecule has 1 aliphatic heterocycles. The van der Waals surface area contributed by atoms with E-state index in [1.807, 2.05) is 18.7 Å². The van der Waals surface area contributed by atoms with Gasteiger partial charge in [0.25, 0.3) is 0 Å². The van der Waals surface area contributed by atoms with E-state index in [9.17, 15) is 4.79 Å². The van der Waals surface area contributed by atoms with Crippen molar-refractivity contribution >= 4 is 5.91 Å². The predicted molar refractivity (Wildman–Crippen MR) is 63.5 cm³/mol. The largest absolute Gasteiger partial charge is 0.341 e. The van der Waals surface area contributed by atoms with Crippen LogP contribution in [0.3, 0.4) is 0 Å². The standard InChI is InChI=1S/C13H22N2O/c1-4-11-6-5-7-15(9-11)13(16)12(8-14)10(2)3/h10-12H,4-7,9H2,1-3H3. The number of hydrogen-bond donors (Lipinski definition) is 0. The molecule has 1 aliphatic rings. The molecule has 0 saturated carbocycles. The highest BCUT2D eigenvalue weighted by atomic mass is 16.2. The summed E-state index contributed by atoms with van der Waals surface area (Å²) in [4.78, 5) is 14.0. The molecule has 2 unspecified atom stereocenters. The number of nitrogens with zero attached hydrogens (tertiary/aromatic N) is 2. The predicted octanol–water partition coefficient (Wildman–Crippen LogP) is 2.43. The van der Waals surface area contributed by atoms with Gasteiger partial charge in [0, 0.05) is 13.1 Å². The Morgan fingerprint density at radius 1 is 1.56 bits per heavy atom. The van der Waals surface area contributed by atoms with E-state index >= 15 is 0 Å². The van der Waals surface area contributed by atoms with Gasteiger partial charge in [-0.2, -0.15) is 5.26 Å². The second-order valence-corrected chi connectivity index (χ2v) is 5.05. The first-order valence-corrected chi connectivity index (χ1v) is 6.28. The minimum atomic E-state index is -0.462. The van der Waals surface area contributed by atoms with Crippen LogP contribution in [-0.2, 0) is 4.79 Å². The molecule has 1 heterocycles. The zero-order valence-corrected chi connectivity index (χ0v) is 10.6. The second-order valence-electron chi connectivity index (χ2n) is 5.05. The van der Waals surface area contributed by atoms with E-state index in [-0.39, 0.29) is 11.8 Å². The molecule has 0 spiro atoms. The summed E-state index contributed by atoms with van der Waals surface area (Å²) >= 11 is 0. The van der Waals surface area contributed by atoms with Gasteiger partial charge in [-0.15, -0.1) is 0 Å². The van der Waals surface area contributed by atoms with Crippen molar-refractivity contribution in [2.75, 3.05) is 13.1 Å². The van der Waals surface area contributed by atoms with E-state index in [4.69, 9.17) is 5.26 Å². The number of amides is 1. The zero-order valence-electron chi connectivity index (χ0n) is 10.6. The maximum Gasteiger partial charge on any atom is 0.240 e. The molecule has 3 nitrogen and oxygen atoms in total. The number of carbonyl (C=O) groups excluding carboxylic acids is 1. The second kappa shape index (κ2) is 5.89. The molecule has 1 fully saturated rings. The fraction of sp³-hybridized carbons (Fsp3) is 0.846. The van der Waals surface area contributed by atoms with Crippen LogP contribution in [0.5, 0.6) is 0 Å². The monoisotopic (exact) mass is 222 g/mol. The molecule has 0 aromatic rings. The van der Waals surface area contributed by atoms with Gasteiger partial charge in [-0.1, -0.05) is 27.2 Å². The zero-order chi connectivity index (χ0) is 12.1. The molecule has 0 aromatic heterocycles. The Bertz CT molecular complexity index is 280. The van der Waals surface area contributed by atoms with Gasteiger partial charge in [-0.25, -0.2) is 0 Å². The van der Waals surface area contributed by atoms with Crippen LogP contribution in [0.4, 0.5) is 0 Å². The van der Waals surface area contributed by atoms with Gasteiger partial charge in [0.1, 0.15) is 5.92 Å². The third-order valence-electron chi connectivity index (χ3n) is 3.48. The normalized spacial score (nSPS) is 22.9. The van der Waals surface area contributed by atoms with E-state index < -0.39 is 5.92 Å². The van der Waals surface area contributed by atoms with Gasteiger partial charge in [0.15, 0.2) is 0 Å². The molecule has 16 heavy (non-hydrogen) atoms. The van der Waals surface area contributed by atoms with Crippen LogP contribution in [0.15, 0.2) is 0 Å². The molecule has 90 valence electrons. The van der Waals surface area contributed by atoms with Crippen molar-refractivity contribution in [3.8, 4) is 6.07 Å². The molecular formula is C13H22N2O. The summed E-state index contributed by atoms with van der Waals surface area (Å²) in [5, 5.41) is 9.02. The topological polar surface area (TPSA) is 44.1 Å². The summed E-state index contributed by atoms with van der Waals surface area (Å²) in [6.07, 6.45) is 3.43. The quantitative estimate of drug-likeness (QED) is 0.736. The molecule has 0 aliphatic carbocycles. The number of likely N-dealkylation sites (tertiary alicyclic amines) is 1. The summed E-state index contributed by atoms with van der Waals surface area (Å²) in [6, 6.07) is 2.14. The van der Waals surface area contributed by atoms with Crippen molar-refractivity contribution in [2.24, 2.45) is 17.8 Å². The highest BCUT2D eigenvalue weighted by Gasteiger charge is 2.29. The first-order valence-electron chi connectivity index (χ1n) is 6.28. The highest BCUT2D eigenvalue weighted by molar-refractivity contribution is 5.81. The fourth-order valence-electron chi connectivity index (χ4n) is 2.28. The van der Waals surface area contributed by atoms with Crippen LogP contribution in [0.2, 0.25) is 0 Å². The Balaban J connectivity index is 2.63. The van der Waals surface area contributed by atoms with E-state index in [2.05, 4.69) is 13.0 Å². The van der Waals surface area contributed by atoms with Crippen LogP contribution in [-0.4, -0.2) is 23.9 Å². The first-order chi connectivity index (χ1) is 7.60. The van der Waals surface area contributed by atoms with Crippen molar-refractivity contribution in [1.29, 1.82) is 5.26 Å². The third kappa shape index (κ3) is 2.98. The van der Waals surface area contributed by atoms with Gasteiger partial charge in [-0.05, 0) is 24.7 Å². The maximum atomic E-state index is 12.1. The van der Waals surface area contributed by atoms with E-state index in [0.29, 0.717) is 5.92 Å². The maximum absolute atomic E-state index is 12.1. The average molecular weight is 222 g/mol. The lowest BCUT2D eigenvalue weighted by Gasteiger charge is -2.34. The van der Waals surface area contributed by atoms with Gasteiger partial charge in [-0.3, -0.25) is 4.79 Å². The number of rotatable bonds is 3. The van der Waals surface area contributed by atoms with Gasteiger partial charge < -0.3 is 4.90 Å². The van der Waals surface area contributed by atoms with Crippen LogP contribution in [0.25, 0.3) is 0 Å². The Kier molecular flexibility index (Phi) is 4.79. The van der Waals surface area contributed by atoms with Crippen LogP contribution in [0, 0.1) is 29.1 Å². The van der Waals surface area contributed by atoms with Crippen LogP contribution < -0.4 is 0 Å². The number of hydrogen-bond acceptors (Lipinski definition) is 2. The smallest absolute Gasteiger partial charge is 0.240 e. The molecule has 3 heteroatoms. The van der Waals surface area contributed by atoms with Crippen molar-refractivity contribution in [3.63, 3.8) is 0 Å². The molecule has 1 rings (SSSR count). The lowest BCUT2D eigenvalue weighted by atomic mass is 9.91. The average Bonchev–Trinajstić information content (AvgIpc) is 2.29. The van der Waals surface area contributed by atoms with E-state index in [1.165, 1.54) is 6.42 Å². The SMILES string of the molecule is CCC1CCCN(C(=O)C(C#N)C(C)C)C1. The molecule has 0 aromatic carbocycles. The molecule has 1 saturated heterocycles.